The predicted molar refractivity (Wildman–Crippen MR) is 89.5 cm³/mol. The predicted octanol–water partition coefficient (Wildman–Crippen LogP) is 3.27. The van der Waals surface area contributed by atoms with E-state index in [2.05, 4.69) is 10.0 Å². The number of sulfonamides is 1. The first-order chi connectivity index (χ1) is 9.99. The molecule has 0 aliphatic carbocycles. The number of rotatable bonds is 7. The minimum Gasteiger partial charge on any atom is -0.315 e. The van der Waals surface area contributed by atoms with Crippen LogP contribution in [0.15, 0.2) is 27.8 Å². The number of aryl methyl sites for hydroxylation is 1. The summed E-state index contributed by atoms with van der Waals surface area (Å²) >= 11 is 3.06. The van der Waals surface area contributed by atoms with Crippen molar-refractivity contribution in [2.75, 3.05) is 7.05 Å². The van der Waals surface area contributed by atoms with Crippen molar-refractivity contribution in [2.45, 2.75) is 37.8 Å². The molecule has 7 heteroatoms. The summed E-state index contributed by atoms with van der Waals surface area (Å²) in [5.41, 5.74) is 0.804. The van der Waals surface area contributed by atoms with Gasteiger partial charge in [0, 0.05) is 16.3 Å². The molecular weight excluding hydrogens is 324 g/mol. The van der Waals surface area contributed by atoms with Gasteiger partial charge in [-0.3, -0.25) is 0 Å². The van der Waals surface area contributed by atoms with Gasteiger partial charge in [-0.15, -0.1) is 22.7 Å². The van der Waals surface area contributed by atoms with Crippen molar-refractivity contribution in [2.24, 2.45) is 0 Å². The highest BCUT2D eigenvalue weighted by Crippen LogP contribution is 2.30. The van der Waals surface area contributed by atoms with Crippen molar-refractivity contribution in [1.29, 1.82) is 0 Å². The Morgan fingerprint density at radius 1 is 1.33 bits per heavy atom. The molecule has 0 fully saturated rings. The van der Waals surface area contributed by atoms with Crippen LogP contribution in [0.3, 0.4) is 0 Å². The summed E-state index contributed by atoms with van der Waals surface area (Å²) in [4.78, 5) is 2.32. The van der Waals surface area contributed by atoms with Crippen molar-refractivity contribution in [1.82, 2.24) is 10.0 Å². The second-order valence-electron chi connectivity index (χ2n) is 4.80. The number of thiophene rings is 2. The minimum atomic E-state index is -3.51. The van der Waals surface area contributed by atoms with E-state index >= 15 is 0 Å². The molecule has 4 nitrogen and oxygen atoms in total. The zero-order valence-electron chi connectivity index (χ0n) is 12.3. The van der Waals surface area contributed by atoms with Crippen LogP contribution in [0.1, 0.15) is 34.7 Å². The molecule has 0 amide bonds. The van der Waals surface area contributed by atoms with Gasteiger partial charge in [-0.1, -0.05) is 13.0 Å². The molecule has 0 radical (unpaired) electrons. The zero-order chi connectivity index (χ0) is 15.5. The molecule has 0 aliphatic heterocycles. The Morgan fingerprint density at radius 2 is 2.10 bits per heavy atom. The smallest absolute Gasteiger partial charge is 0.242 e. The summed E-state index contributed by atoms with van der Waals surface area (Å²) in [6.45, 7) is 4.39. The third-order valence-corrected chi connectivity index (χ3v) is 7.11. The van der Waals surface area contributed by atoms with Crippen LogP contribution in [0.5, 0.6) is 0 Å². The monoisotopic (exact) mass is 344 g/mol. The SMILES string of the molecule is CCC(NS(=O)(=O)c1c(C)csc1CNC)c1cccs1. The van der Waals surface area contributed by atoms with Crippen LogP contribution >= 0.6 is 22.7 Å². The van der Waals surface area contributed by atoms with Crippen LogP contribution in [0.25, 0.3) is 0 Å². The molecule has 2 aromatic heterocycles. The van der Waals surface area contributed by atoms with Gasteiger partial charge in [-0.05, 0) is 42.8 Å². The Kier molecular flexibility index (Phi) is 5.56. The van der Waals surface area contributed by atoms with Gasteiger partial charge in [0.05, 0.1) is 6.04 Å². The highest BCUT2D eigenvalue weighted by molar-refractivity contribution is 7.89. The molecule has 2 heterocycles. The van der Waals surface area contributed by atoms with E-state index in [0.29, 0.717) is 11.4 Å². The summed E-state index contributed by atoms with van der Waals surface area (Å²) < 4.78 is 28.3. The van der Waals surface area contributed by atoms with E-state index < -0.39 is 10.0 Å². The topological polar surface area (TPSA) is 58.2 Å². The first-order valence-corrected chi connectivity index (χ1v) is 10.0. The van der Waals surface area contributed by atoms with E-state index in [-0.39, 0.29) is 6.04 Å². The van der Waals surface area contributed by atoms with Crippen LogP contribution in [0.2, 0.25) is 0 Å². The molecule has 1 unspecified atom stereocenters. The van der Waals surface area contributed by atoms with Gasteiger partial charge >= 0.3 is 0 Å². The molecule has 0 spiro atoms. The minimum absolute atomic E-state index is 0.170. The molecule has 1 atom stereocenters. The van der Waals surface area contributed by atoms with Gasteiger partial charge < -0.3 is 5.32 Å². The average molecular weight is 345 g/mol. The Hall–Kier alpha value is -0.730. The van der Waals surface area contributed by atoms with Gasteiger partial charge in [0.25, 0.3) is 0 Å². The van der Waals surface area contributed by atoms with Gasteiger partial charge in [-0.25, -0.2) is 13.1 Å². The molecule has 2 rings (SSSR count). The van der Waals surface area contributed by atoms with Crippen molar-refractivity contribution < 1.29 is 8.42 Å². The van der Waals surface area contributed by atoms with Crippen LogP contribution in [-0.2, 0) is 16.6 Å². The molecule has 116 valence electrons. The Labute approximate surface area is 134 Å². The highest BCUT2D eigenvalue weighted by Gasteiger charge is 2.26. The van der Waals surface area contributed by atoms with Crippen LogP contribution in [-0.4, -0.2) is 15.5 Å². The molecular formula is C14H20N2O2S3. The fourth-order valence-electron chi connectivity index (χ4n) is 2.21. The van der Waals surface area contributed by atoms with E-state index in [4.69, 9.17) is 0 Å². The maximum atomic E-state index is 12.7. The van der Waals surface area contributed by atoms with Gasteiger partial charge in [0.15, 0.2) is 0 Å². The number of hydrogen-bond acceptors (Lipinski definition) is 5. The molecule has 2 aromatic rings. The third kappa shape index (κ3) is 3.73. The van der Waals surface area contributed by atoms with Crippen LogP contribution < -0.4 is 10.0 Å². The third-order valence-electron chi connectivity index (χ3n) is 3.19. The maximum Gasteiger partial charge on any atom is 0.242 e. The standard InChI is InChI=1S/C14H20N2O2S3/c1-4-11(12-6-5-7-19-12)16-21(17,18)14-10(2)9-20-13(14)8-15-3/h5-7,9,11,15-16H,4,8H2,1-3H3. The van der Waals surface area contributed by atoms with E-state index in [1.165, 1.54) is 11.3 Å². The summed E-state index contributed by atoms with van der Waals surface area (Å²) in [5, 5.41) is 6.89. The molecule has 21 heavy (non-hydrogen) atoms. The molecule has 2 N–H and O–H groups in total. The fourth-order valence-corrected chi connectivity index (χ4v) is 6.27. The van der Waals surface area contributed by atoms with Crippen molar-refractivity contribution in [3.8, 4) is 0 Å². The maximum absolute atomic E-state index is 12.7. The van der Waals surface area contributed by atoms with E-state index in [1.807, 2.05) is 43.8 Å². The van der Waals surface area contributed by atoms with E-state index in [0.717, 1.165) is 21.7 Å². The molecule has 0 bridgehead atoms. The van der Waals surface area contributed by atoms with E-state index in [9.17, 15) is 8.42 Å². The van der Waals surface area contributed by atoms with Crippen molar-refractivity contribution >= 4 is 32.7 Å². The summed E-state index contributed by atoms with van der Waals surface area (Å²) in [5.74, 6) is 0. The van der Waals surface area contributed by atoms with Crippen molar-refractivity contribution in [3.63, 3.8) is 0 Å². The second kappa shape index (κ2) is 7.02. The van der Waals surface area contributed by atoms with Gasteiger partial charge in [-0.2, -0.15) is 0 Å². The lowest BCUT2D eigenvalue weighted by molar-refractivity contribution is 0.551. The Bertz CT molecular complexity index is 675. The number of hydrogen-bond donors (Lipinski definition) is 2. The molecule has 0 saturated heterocycles. The molecule has 0 aromatic carbocycles. The highest BCUT2D eigenvalue weighted by atomic mass is 32.2. The summed E-state index contributed by atoms with van der Waals surface area (Å²) in [6.07, 6.45) is 0.726. The molecule has 0 saturated carbocycles. The normalized spacial score (nSPS) is 13.5. The number of nitrogens with one attached hydrogen (secondary N) is 2. The summed E-state index contributed by atoms with van der Waals surface area (Å²) in [6, 6.07) is 3.74. The largest absolute Gasteiger partial charge is 0.315 e. The Morgan fingerprint density at radius 3 is 2.67 bits per heavy atom. The van der Waals surface area contributed by atoms with Crippen LogP contribution in [0, 0.1) is 6.92 Å². The average Bonchev–Trinajstić information content (AvgIpc) is 3.07. The first-order valence-electron chi connectivity index (χ1n) is 6.77. The second-order valence-corrected chi connectivity index (χ2v) is 8.39. The quantitative estimate of drug-likeness (QED) is 0.810. The van der Waals surface area contributed by atoms with E-state index in [1.54, 1.807) is 11.3 Å². The van der Waals surface area contributed by atoms with Gasteiger partial charge in [0.2, 0.25) is 10.0 Å². The molecule has 0 aliphatic rings. The first kappa shape index (κ1) is 16.6. The summed E-state index contributed by atoms with van der Waals surface area (Å²) in [7, 11) is -1.69. The fraction of sp³-hybridized carbons (Fsp3) is 0.429. The van der Waals surface area contributed by atoms with Crippen LogP contribution in [0.4, 0.5) is 0 Å². The van der Waals surface area contributed by atoms with Crippen molar-refractivity contribution in [3.05, 3.63) is 38.2 Å². The lowest BCUT2D eigenvalue weighted by Crippen LogP contribution is -2.29. The van der Waals surface area contributed by atoms with Gasteiger partial charge in [0.1, 0.15) is 4.90 Å². The zero-order valence-corrected chi connectivity index (χ0v) is 14.8. The lowest BCUT2D eigenvalue weighted by Gasteiger charge is -2.16. The Balaban J connectivity index is 2.32. The lowest BCUT2D eigenvalue weighted by atomic mass is 10.2.